The molecule has 2 N–H and O–H groups in total. The van der Waals surface area contributed by atoms with Gasteiger partial charge >= 0.3 is 0 Å². The normalized spacial score (nSPS) is 26.8. The van der Waals surface area contributed by atoms with E-state index in [1.807, 2.05) is 0 Å². The molecule has 0 amide bonds. The van der Waals surface area contributed by atoms with Crippen molar-refractivity contribution in [2.45, 2.75) is 45.1 Å². The molecule has 1 aromatic carbocycles. The molecule has 0 heterocycles. The summed E-state index contributed by atoms with van der Waals surface area (Å²) in [7, 11) is 0. The van der Waals surface area contributed by atoms with Crippen molar-refractivity contribution in [2.24, 2.45) is 17.6 Å². The summed E-state index contributed by atoms with van der Waals surface area (Å²) in [4.78, 5) is 0. The molecule has 1 nitrogen and oxygen atoms in total. The zero-order chi connectivity index (χ0) is 12.3. The molecule has 2 rings (SSSR count). The Kier molecular flexibility index (Phi) is 4.63. The summed E-state index contributed by atoms with van der Waals surface area (Å²) in [5, 5.41) is 0. The van der Waals surface area contributed by atoms with Crippen molar-refractivity contribution >= 4 is 15.9 Å². The van der Waals surface area contributed by atoms with Crippen LogP contribution >= 0.6 is 15.9 Å². The average molecular weight is 296 g/mol. The van der Waals surface area contributed by atoms with Gasteiger partial charge in [0.2, 0.25) is 0 Å². The van der Waals surface area contributed by atoms with Crippen molar-refractivity contribution < 1.29 is 0 Å². The number of benzene rings is 1. The highest BCUT2D eigenvalue weighted by atomic mass is 79.9. The molecule has 0 spiro atoms. The number of halogens is 1. The summed E-state index contributed by atoms with van der Waals surface area (Å²) in [6, 6.07) is 8.89. The zero-order valence-corrected chi connectivity index (χ0v) is 12.1. The maximum Gasteiger partial charge on any atom is 0.0175 e. The largest absolute Gasteiger partial charge is 0.327 e. The fraction of sp³-hybridized carbons (Fsp3) is 0.600. The standard InChI is InChI=1S/C15H22BrN/c1-11-2-6-13(7-3-11)15(17)10-12-4-8-14(16)9-5-12/h4-5,8-9,11,13,15H,2-3,6-7,10,17H2,1H3. The van der Waals surface area contributed by atoms with Crippen LogP contribution in [-0.4, -0.2) is 6.04 Å². The molecule has 1 atom stereocenters. The van der Waals surface area contributed by atoms with E-state index in [0.717, 1.165) is 22.7 Å². The molecule has 17 heavy (non-hydrogen) atoms. The minimum absolute atomic E-state index is 0.337. The van der Waals surface area contributed by atoms with E-state index in [9.17, 15) is 0 Å². The van der Waals surface area contributed by atoms with E-state index in [0.29, 0.717) is 6.04 Å². The molecular weight excluding hydrogens is 274 g/mol. The molecule has 0 aliphatic heterocycles. The molecule has 0 saturated heterocycles. The van der Waals surface area contributed by atoms with Crippen LogP contribution in [0.25, 0.3) is 0 Å². The Bertz CT molecular complexity index is 338. The van der Waals surface area contributed by atoms with Crippen molar-refractivity contribution in [1.82, 2.24) is 0 Å². The van der Waals surface area contributed by atoms with Crippen molar-refractivity contribution in [3.8, 4) is 0 Å². The first kappa shape index (κ1) is 13.1. The van der Waals surface area contributed by atoms with Gasteiger partial charge in [-0.2, -0.15) is 0 Å². The van der Waals surface area contributed by atoms with E-state index < -0.39 is 0 Å². The summed E-state index contributed by atoms with van der Waals surface area (Å²) in [6.45, 7) is 2.36. The third kappa shape index (κ3) is 3.82. The summed E-state index contributed by atoms with van der Waals surface area (Å²) < 4.78 is 1.14. The van der Waals surface area contributed by atoms with Crippen LogP contribution in [0.5, 0.6) is 0 Å². The van der Waals surface area contributed by atoms with Crippen LogP contribution in [0.3, 0.4) is 0 Å². The maximum absolute atomic E-state index is 6.35. The summed E-state index contributed by atoms with van der Waals surface area (Å²) in [5.74, 6) is 1.64. The van der Waals surface area contributed by atoms with E-state index in [1.54, 1.807) is 0 Å². The van der Waals surface area contributed by atoms with Gasteiger partial charge in [-0.3, -0.25) is 0 Å². The van der Waals surface area contributed by atoms with Gasteiger partial charge in [-0.15, -0.1) is 0 Å². The monoisotopic (exact) mass is 295 g/mol. The summed E-state index contributed by atoms with van der Waals surface area (Å²) in [5.41, 5.74) is 7.71. The average Bonchev–Trinajstić information content (AvgIpc) is 2.33. The third-order valence-corrected chi connectivity index (χ3v) is 4.58. The van der Waals surface area contributed by atoms with E-state index in [1.165, 1.54) is 31.2 Å². The molecule has 0 radical (unpaired) electrons. The molecule has 1 aromatic rings. The predicted molar refractivity (Wildman–Crippen MR) is 76.9 cm³/mol. The quantitative estimate of drug-likeness (QED) is 0.891. The maximum atomic E-state index is 6.35. The second kappa shape index (κ2) is 6.01. The highest BCUT2D eigenvalue weighted by Crippen LogP contribution is 2.30. The van der Waals surface area contributed by atoms with Crippen LogP contribution in [0.1, 0.15) is 38.2 Å². The van der Waals surface area contributed by atoms with Crippen molar-refractivity contribution in [3.63, 3.8) is 0 Å². The van der Waals surface area contributed by atoms with Gasteiger partial charge in [-0.25, -0.2) is 0 Å². The molecular formula is C15H22BrN. The summed E-state index contributed by atoms with van der Waals surface area (Å²) in [6.07, 6.45) is 6.38. The lowest BCUT2D eigenvalue weighted by Crippen LogP contribution is -2.34. The van der Waals surface area contributed by atoms with Gasteiger partial charge in [0.15, 0.2) is 0 Å². The Morgan fingerprint density at radius 2 is 1.76 bits per heavy atom. The fourth-order valence-corrected chi connectivity index (χ4v) is 3.04. The van der Waals surface area contributed by atoms with Gasteiger partial charge in [-0.1, -0.05) is 47.8 Å². The molecule has 1 unspecified atom stereocenters. The molecule has 0 aromatic heterocycles. The molecule has 1 saturated carbocycles. The van der Waals surface area contributed by atoms with Crippen LogP contribution in [0, 0.1) is 11.8 Å². The van der Waals surface area contributed by atoms with Crippen molar-refractivity contribution in [2.75, 3.05) is 0 Å². The number of hydrogen-bond donors (Lipinski definition) is 1. The second-order valence-electron chi connectivity index (χ2n) is 5.51. The lowest BCUT2D eigenvalue weighted by Gasteiger charge is -2.30. The van der Waals surface area contributed by atoms with Gasteiger partial charge in [0.05, 0.1) is 0 Å². The first-order valence-corrected chi connectivity index (χ1v) is 7.44. The minimum atomic E-state index is 0.337. The first-order chi connectivity index (χ1) is 8.15. The SMILES string of the molecule is CC1CCC(C(N)Cc2ccc(Br)cc2)CC1. The van der Waals surface area contributed by atoms with E-state index in [-0.39, 0.29) is 0 Å². The van der Waals surface area contributed by atoms with Gasteiger partial charge < -0.3 is 5.73 Å². The fourth-order valence-electron chi connectivity index (χ4n) is 2.77. The Hall–Kier alpha value is -0.340. The lowest BCUT2D eigenvalue weighted by atomic mass is 9.78. The molecule has 1 fully saturated rings. The zero-order valence-electron chi connectivity index (χ0n) is 10.5. The summed E-state index contributed by atoms with van der Waals surface area (Å²) >= 11 is 3.46. The van der Waals surface area contributed by atoms with Crippen LogP contribution < -0.4 is 5.73 Å². The Balaban J connectivity index is 1.88. The molecule has 94 valence electrons. The molecule has 0 bridgehead atoms. The highest BCUT2D eigenvalue weighted by Gasteiger charge is 2.23. The van der Waals surface area contributed by atoms with Gasteiger partial charge in [0.25, 0.3) is 0 Å². The smallest absolute Gasteiger partial charge is 0.0175 e. The lowest BCUT2D eigenvalue weighted by molar-refractivity contribution is 0.253. The van der Waals surface area contributed by atoms with Crippen molar-refractivity contribution in [1.29, 1.82) is 0 Å². The minimum Gasteiger partial charge on any atom is -0.327 e. The number of hydrogen-bond acceptors (Lipinski definition) is 1. The van der Waals surface area contributed by atoms with Crippen LogP contribution in [0.2, 0.25) is 0 Å². The number of nitrogens with two attached hydrogens (primary N) is 1. The Labute approximate surface area is 113 Å². The predicted octanol–water partition coefficient (Wildman–Crippen LogP) is 4.15. The van der Waals surface area contributed by atoms with Crippen molar-refractivity contribution in [3.05, 3.63) is 34.3 Å². The molecule has 1 aliphatic rings. The van der Waals surface area contributed by atoms with Gasteiger partial charge in [-0.05, 0) is 48.8 Å². The Morgan fingerprint density at radius 1 is 1.18 bits per heavy atom. The second-order valence-corrected chi connectivity index (χ2v) is 6.43. The van der Waals surface area contributed by atoms with E-state index in [2.05, 4.69) is 47.1 Å². The third-order valence-electron chi connectivity index (χ3n) is 4.05. The van der Waals surface area contributed by atoms with Crippen LogP contribution in [0.4, 0.5) is 0 Å². The Morgan fingerprint density at radius 3 is 2.35 bits per heavy atom. The van der Waals surface area contributed by atoms with Crippen LogP contribution in [0.15, 0.2) is 28.7 Å². The number of rotatable bonds is 3. The van der Waals surface area contributed by atoms with Gasteiger partial charge in [0, 0.05) is 10.5 Å². The van der Waals surface area contributed by atoms with Gasteiger partial charge in [0.1, 0.15) is 0 Å². The molecule has 2 heteroatoms. The van der Waals surface area contributed by atoms with Crippen LogP contribution in [-0.2, 0) is 6.42 Å². The first-order valence-electron chi connectivity index (χ1n) is 6.65. The topological polar surface area (TPSA) is 26.0 Å². The van der Waals surface area contributed by atoms with E-state index in [4.69, 9.17) is 5.73 Å². The van der Waals surface area contributed by atoms with E-state index >= 15 is 0 Å². The molecule has 1 aliphatic carbocycles. The highest BCUT2D eigenvalue weighted by molar-refractivity contribution is 9.10.